The fourth-order valence-corrected chi connectivity index (χ4v) is 3.47. The predicted octanol–water partition coefficient (Wildman–Crippen LogP) is 4.65. The van der Waals surface area contributed by atoms with E-state index < -0.39 is 6.04 Å². The number of carbonyl (C=O) groups excluding carboxylic acids is 2. The van der Waals surface area contributed by atoms with Crippen LogP contribution in [-0.4, -0.2) is 17.9 Å². The highest BCUT2D eigenvalue weighted by Crippen LogP contribution is 2.29. The highest BCUT2D eigenvalue weighted by atomic mass is 16.5. The van der Waals surface area contributed by atoms with Gasteiger partial charge in [0, 0.05) is 23.5 Å². The van der Waals surface area contributed by atoms with E-state index in [-0.39, 0.29) is 11.8 Å². The molecular weight excluding hydrogens is 390 g/mol. The number of benzene rings is 3. The molecule has 1 aliphatic rings. The molecule has 0 aliphatic carbocycles. The summed E-state index contributed by atoms with van der Waals surface area (Å²) in [6.07, 6.45) is 1.44. The summed E-state index contributed by atoms with van der Waals surface area (Å²) in [7, 11) is 0. The van der Waals surface area contributed by atoms with E-state index in [2.05, 4.69) is 11.4 Å². The van der Waals surface area contributed by atoms with Gasteiger partial charge in [0.15, 0.2) is 0 Å². The van der Waals surface area contributed by atoms with Crippen LogP contribution in [0.25, 0.3) is 0 Å². The van der Waals surface area contributed by atoms with Gasteiger partial charge in [-0.15, -0.1) is 0 Å². The van der Waals surface area contributed by atoms with Crippen molar-refractivity contribution in [2.24, 2.45) is 0 Å². The van der Waals surface area contributed by atoms with Crippen LogP contribution in [0, 0.1) is 11.3 Å². The molecule has 0 bridgehead atoms. The summed E-state index contributed by atoms with van der Waals surface area (Å²) in [4.78, 5) is 27.1. The minimum atomic E-state index is -0.805. The van der Waals surface area contributed by atoms with Crippen LogP contribution in [-0.2, 0) is 9.59 Å². The number of nitrogens with zero attached hydrogens (tertiary/aromatic N) is 2. The summed E-state index contributed by atoms with van der Waals surface area (Å²) in [6.45, 7) is 1.74. The van der Waals surface area contributed by atoms with E-state index in [1.54, 1.807) is 55.5 Å². The van der Waals surface area contributed by atoms with Gasteiger partial charge in [0.1, 0.15) is 17.5 Å². The molecule has 0 saturated heterocycles. The Morgan fingerprint density at radius 2 is 1.74 bits per heavy atom. The van der Waals surface area contributed by atoms with Crippen LogP contribution in [0.2, 0.25) is 0 Å². The molecule has 1 atom stereocenters. The van der Waals surface area contributed by atoms with Crippen molar-refractivity contribution in [3.63, 3.8) is 0 Å². The first-order valence-electron chi connectivity index (χ1n) is 9.70. The molecule has 6 heteroatoms. The Hall–Kier alpha value is -4.37. The standard InChI is InChI=1S/C25H19N3O3/c1-17-13-23(29)28(20-9-5-7-18(14-20)16-26)24(17)25(30)27-19-8-6-12-22(15-19)31-21-10-3-2-4-11-21/h2-15,24H,1H3,(H,27,30). The van der Waals surface area contributed by atoms with Crippen molar-refractivity contribution in [1.29, 1.82) is 5.26 Å². The monoisotopic (exact) mass is 409 g/mol. The number of nitrogens with one attached hydrogen (secondary N) is 1. The molecule has 152 valence electrons. The van der Waals surface area contributed by atoms with Crippen LogP contribution in [0.3, 0.4) is 0 Å². The minimum absolute atomic E-state index is 0.297. The summed E-state index contributed by atoms with van der Waals surface area (Å²) >= 11 is 0. The fraction of sp³-hybridized carbons (Fsp3) is 0.0800. The molecule has 2 amide bonds. The molecule has 1 heterocycles. The van der Waals surface area contributed by atoms with E-state index >= 15 is 0 Å². The molecular formula is C25H19N3O3. The van der Waals surface area contributed by atoms with Gasteiger partial charge < -0.3 is 10.1 Å². The second-order valence-corrected chi connectivity index (χ2v) is 7.09. The van der Waals surface area contributed by atoms with Gasteiger partial charge in [0.25, 0.3) is 11.8 Å². The average Bonchev–Trinajstić information content (AvgIpc) is 3.08. The van der Waals surface area contributed by atoms with Gasteiger partial charge in [0.2, 0.25) is 0 Å². The minimum Gasteiger partial charge on any atom is -0.457 e. The lowest BCUT2D eigenvalue weighted by Gasteiger charge is -2.26. The van der Waals surface area contributed by atoms with E-state index in [1.807, 2.05) is 30.3 Å². The van der Waals surface area contributed by atoms with Crippen LogP contribution in [0.5, 0.6) is 11.5 Å². The van der Waals surface area contributed by atoms with Crippen molar-refractivity contribution in [2.45, 2.75) is 13.0 Å². The van der Waals surface area contributed by atoms with Gasteiger partial charge in [-0.1, -0.05) is 30.3 Å². The third kappa shape index (κ3) is 4.31. The first-order valence-corrected chi connectivity index (χ1v) is 9.70. The smallest absolute Gasteiger partial charge is 0.252 e. The maximum atomic E-state index is 13.1. The molecule has 31 heavy (non-hydrogen) atoms. The van der Waals surface area contributed by atoms with E-state index in [0.717, 1.165) is 0 Å². The molecule has 4 rings (SSSR count). The third-order valence-electron chi connectivity index (χ3n) is 4.86. The summed E-state index contributed by atoms with van der Waals surface area (Å²) in [5.74, 6) is 0.625. The van der Waals surface area contributed by atoms with Crippen LogP contribution < -0.4 is 15.0 Å². The van der Waals surface area contributed by atoms with Crippen molar-refractivity contribution in [3.8, 4) is 17.6 Å². The molecule has 0 fully saturated rings. The highest BCUT2D eigenvalue weighted by molar-refractivity contribution is 6.14. The maximum Gasteiger partial charge on any atom is 0.252 e. The molecule has 1 N–H and O–H groups in total. The van der Waals surface area contributed by atoms with Gasteiger partial charge in [-0.3, -0.25) is 14.5 Å². The van der Waals surface area contributed by atoms with Crippen LogP contribution >= 0.6 is 0 Å². The number of carbonyl (C=O) groups is 2. The van der Waals surface area contributed by atoms with Gasteiger partial charge in [-0.05, 0) is 55.0 Å². The van der Waals surface area contributed by atoms with Gasteiger partial charge in [-0.25, -0.2) is 0 Å². The number of ether oxygens (including phenoxy) is 1. The van der Waals surface area contributed by atoms with Crippen molar-refractivity contribution in [1.82, 2.24) is 0 Å². The van der Waals surface area contributed by atoms with Crippen LogP contribution in [0.1, 0.15) is 12.5 Å². The molecule has 1 unspecified atom stereocenters. The number of hydrogen-bond donors (Lipinski definition) is 1. The summed E-state index contributed by atoms with van der Waals surface area (Å²) < 4.78 is 5.82. The van der Waals surface area contributed by atoms with Gasteiger partial charge >= 0.3 is 0 Å². The highest BCUT2D eigenvalue weighted by Gasteiger charge is 2.37. The molecule has 6 nitrogen and oxygen atoms in total. The SMILES string of the molecule is CC1=CC(=O)N(c2cccc(C#N)c2)C1C(=O)Nc1cccc(Oc2ccccc2)c1. The zero-order valence-electron chi connectivity index (χ0n) is 16.8. The normalized spacial score (nSPS) is 15.2. The van der Waals surface area contributed by atoms with Crippen LogP contribution in [0.4, 0.5) is 11.4 Å². The van der Waals surface area contributed by atoms with E-state index in [4.69, 9.17) is 10.00 Å². The zero-order valence-corrected chi connectivity index (χ0v) is 16.8. The Balaban J connectivity index is 1.55. The molecule has 0 aromatic heterocycles. The first kappa shape index (κ1) is 19.9. The Bertz CT molecular complexity index is 1210. The molecule has 0 radical (unpaired) electrons. The maximum absolute atomic E-state index is 13.1. The summed E-state index contributed by atoms with van der Waals surface area (Å²) in [6, 6.07) is 24.3. The Morgan fingerprint density at radius 1 is 1.00 bits per heavy atom. The number of anilines is 2. The average molecular weight is 409 g/mol. The number of nitriles is 1. The number of rotatable bonds is 5. The van der Waals surface area contributed by atoms with Gasteiger partial charge in [-0.2, -0.15) is 5.26 Å². The molecule has 3 aromatic rings. The lowest BCUT2D eigenvalue weighted by Crippen LogP contribution is -2.43. The van der Waals surface area contributed by atoms with Crippen molar-refractivity contribution < 1.29 is 14.3 Å². The fourth-order valence-electron chi connectivity index (χ4n) is 3.47. The summed E-state index contributed by atoms with van der Waals surface area (Å²) in [5.41, 5.74) is 2.09. The first-order chi connectivity index (χ1) is 15.0. The Kier molecular flexibility index (Phi) is 5.50. The number of para-hydroxylation sites is 1. The Labute approximate surface area is 180 Å². The third-order valence-corrected chi connectivity index (χ3v) is 4.86. The van der Waals surface area contributed by atoms with Crippen LogP contribution in [0.15, 0.2) is 90.5 Å². The van der Waals surface area contributed by atoms with E-state index in [9.17, 15) is 9.59 Å². The lowest BCUT2D eigenvalue weighted by molar-refractivity contribution is -0.119. The zero-order chi connectivity index (χ0) is 21.8. The molecule has 1 aliphatic heterocycles. The number of hydrogen-bond acceptors (Lipinski definition) is 4. The second kappa shape index (κ2) is 8.56. The quantitative estimate of drug-likeness (QED) is 0.665. The second-order valence-electron chi connectivity index (χ2n) is 7.09. The van der Waals surface area contributed by atoms with Crippen molar-refractivity contribution in [2.75, 3.05) is 10.2 Å². The lowest BCUT2D eigenvalue weighted by atomic mass is 10.1. The summed E-state index contributed by atoms with van der Waals surface area (Å²) in [5, 5.41) is 12.0. The van der Waals surface area contributed by atoms with Gasteiger partial charge in [0.05, 0.1) is 11.6 Å². The van der Waals surface area contributed by atoms with Crippen molar-refractivity contribution >= 4 is 23.2 Å². The molecule has 0 saturated carbocycles. The van der Waals surface area contributed by atoms with E-state index in [0.29, 0.717) is 34.0 Å². The topological polar surface area (TPSA) is 82.4 Å². The largest absolute Gasteiger partial charge is 0.457 e. The number of amides is 2. The molecule has 3 aromatic carbocycles. The predicted molar refractivity (Wildman–Crippen MR) is 118 cm³/mol. The van der Waals surface area contributed by atoms with Crippen molar-refractivity contribution in [3.05, 3.63) is 96.1 Å². The Morgan fingerprint density at radius 3 is 2.52 bits per heavy atom. The molecule has 0 spiro atoms. The van der Waals surface area contributed by atoms with E-state index in [1.165, 1.54) is 11.0 Å².